The molecule has 1 saturated heterocycles. The lowest BCUT2D eigenvalue weighted by Crippen LogP contribution is -2.45. The average Bonchev–Trinajstić information content (AvgIpc) is 3.71. The van der Waals surface area contributed by atoms with Crippen LogP contribution in [0.2, 0.25) is 0 Å². The lowest BCUT2D eigenvalue weighted by atomic mass is 9.98. The highest BCUT2D eigenvalue weighted by Gasteiger charge is 2.36. The number of ether oxygens (including phenoxy) is 2. The number of benzene rings is 2. The molecule has 2 aromatic rings. The molecular formula is C30H36N6O5. The second kappa shape index (κ2) is 11.8. The molecule has 0 bridgehead atoms. The molecule has 2 atom stereocenters. The quantitative estimate of drug-likeness (QED) is 0.387. The minimum atomic E-state index is -0.406. The molecule has 1 aliphatic carbocycles. The van der Waals surface area contributed by atoms with Crippen LogP contribution in [-0.2, 0) is 14.3 Å². The second-order valence-corrected chi connectivity index (χ2v) is 10.8. The van der Waals surface area contributed by atoms with Gasteiger partial charge in [0.15, 0.2) is 5.82 Å². The summed E-state index contributed by atoms with van der Waals surface area (Å²) >= 11 is 0. The number of hydrogen-bond acceptors (Lipinski definition) is 9. The van der Waals surface area contributed by atoms with Crippen molar-refractivity contribution >= 4 is 18.0 Å². The fourth-order valence-corrected chi connectivity index (χ4v) is 5.93. The van der Waals surface area contributed by atoms with Crippen molar-refractivity contribution in [2.75, 3.05) is 40.0 Å². The van der Waals surface area contributed by atoms with Gasteiger partial charge in [-0.3, -0.25) is 10.1 Å². The lowest BCUT2D eigenvalue weighted by Gasteiger charge is -2.27. The molecule has 2 amide bonds. The third kappa shape index (κ3) is 5.59. The van der Waals surface area contributed by atoms with E-state index in [9.17, 15) is 14.7 Å². The molecular weight excluding hydrogens is 524 g/mol. The summed E-state index contributed by atoms with van der Waals surface area (Å²) in [5, 5.41) is 18.7. The third-order valence-corrected chi connectivity index (χ3v) is 8.09. The number of hydrogen-bond donors (Lipinski definition) is 4. The summed E-state index contributed by atoms with van der Waals surface area (Å²) < 4.78 is 11.6. The molecule has 41 heavy (non-hydrogen) atoms. The normalized spacial score (nSPS) is 20.9. The van der Waals surface area contributed by atoms with Crippen LogP contribution in [0.25, 0.3) is 11.1 Å². The predicted molar refractivity (Wildman–Crippen MR) is 152 cm³/mol. The van der Waals surface area contributed by atoms with E-state index in [1.54, 1.807) is 7.05 Å². The highest BCUT2D eigenvalue weighted by atomic mass is 16.6. The van der Waals surface area contributed by atoms with Crippen LogP contribution in [0.1, 0.15) is 42.7 Å². The number of guanidine groups is 1. The van der Waals surface area contributed by atoms with Crippen molar-refractivity contribution in [3.8, 4) is 11.1 Å². The predicted octanol–water partition coefficient (Wildman–Crippen LogP) is 2.25. The number of aliphatic hydroxyl groups excluding tert-OH is 1. The van der Waals surface area contributed by atoms with E-state index >= 15 is 0 Å². The van der Waals surface area contributed by atoms with Gasteiger partial charge in [0, 0.05) is 25.9 Å². The first-order valence-corrected chi connectivity index (χ1v) is 14.2. The Hall–Kier alpha value is -4.09. The second-order valence-electron chi connectivity index (χ2n) is 10.8. The minimum Gasteiger partial charge on any atom is -0.448 e. The maximum atomic E-state index is 12.7. The number of nitrogens with one attached hydrogen (secondary N) is 3. The Kier molecular flexibility index (Phi) is 7.80. The number of aliphatic imine (C=N–C) groups is 1. The summed E-state index contributed by atoms with van der Waals surface area (Å²) in [6.07, 6.45) is 1.62. The summed E-state index contributed by atoms with van der Waals surface area (Å²) in [6.45, 7) is 1.75. The smallest absolute Gasteiger partial charge is 0.409 e. The fraction of sp³-hybridized carbons (Fsp3) is 0.433. The fourth-order valence-electron chi connectivity index (χ4n) is 5.93. The van der Waals surface area contributed by atoms with Crippen molar-refractivity contribution < 1.29 is 24.2 Å². The number of rotatable bonds is 8. The van der Waals surface area contributed by atoms with E-state index in [-0.39, 0.29) is 43.8 Å². The molecule has 0 radical (unpaired) electrons. The standard InChI is InChI=1S/C30H36N6O5/c1-35(30(39)40-17-24-22-9-4-2-7-20(22)21-8-3-5-10-23(21)24)14-6-11-26(38)33-29-31-15-25-28(34-29)36(18-32-25)27-13-12-19(16-37)41-27/h2-5,7-10,19,24,27,32,37H,6,11-18H2,1H3,(H2,31,33,34,38)/t19-,27+/m0/s1. The third-order valence-electron chi connectivity index (χ3n) is 8.09. The van der Waals surface area contributed by atoms with Gasteiger partial charge in [0.1, 0.15) is 12.8 Å². The molecule has 0 aromatic heterocycles. The Morgan fingerprint density at radius 2 is 1.85 bits per heavy atom. The Morgan fingerprint density at radius 3 is 2.56 bits per heavy atom. The van der Waals surface area contributed by atoms with Gasteiger partial charge in [-0.2, -0.15) is 4.99 Å². The van der Waals surface area contributed by atoms with E-state index in [0.29, 0.717) is 32.1 Å². The first-order valence-electron chi connectivity index (χ1n) is 14.2. The summed E-state index contributed by atoms with van der Waals surface area (Å²) in [7, 11) is 1.69. The number of carbonyl (C=O) groups is 2. The highest BCUT2D eigenvalue weighted by Crippen LogP contribution is 2.44. The van der Waals surface area contributed by atoms with Gasteiger partial charge in [-0.15, -0.1) is 0 Å². The summed E-state index contributed by atoms with van der Waals surface area (Å²) in [5.74, 6) is 0.963. The van der Waals surface area contributed by atoms with E-state index in [1.165, 1.54) is 27.2 Å². The molecule has 4 N–H and O–H groups in total. The van der Waals surface area contributed by atoms with Crippen LogP contribution in [0, 0.1) is 0 Å². The molecule has 0 unspecified atom stereocenters. The highest BCUT2D eigenvalue weighted by molar-refractivity contribution is 5.97. The zero-order valence-electron chi connectivity index (χ0n) is 23.1. The lowest BCUT2D eigenvalue weighted by molar-refractivity contribution is -0.119. The molecule has 2 aromatic carbocycles. The summed E-state index contributed by atoms with van der Waals surface area (Å²) in [6, 6.07) is 16.5. The SMILES string of the molecule is CN(CCCC(=O)NC1=NC2=C(CN1)NCN2[C@H]1CC[C@@H](CO)O1)C(=O)OCC1c2ccccc2-c2ccccc21. The molecule has 0 saturated carbocycles. The van der Waals surface area contributed by atoms with E-state index in [2.05, 4.69) is 45.2 Å². The number of nitrogens with zero attached hydrogens (tertiary/aromatic N) is 3. The maximum Gasteiger partial charge on any atom is 0.409 e. The van der Waals surface area contributed by atoms with E-state index in [1.807, 2.05) is 29.2 Å². The van der Waals surface area contributed by atoms with Gasteiger partial charge in [-0.1, -0.05) is 48.5 Å². The molecule has 1 fully saturated rings. The Morgan fingerprint density at radius 1 is 1.12 bits per heavy atom. The number of carbonyl (C=O) groups excluding carboxylic acids is 2. The molecule has 3 aliphatic heterocycles. The van der Waals surface area contributed by atoms with Gasteiger partial charge in [-0.25, -0.2) is 4.79 Å². The van der Waals surface area contributed by atoms with Crippen LogP contribution < -0.4 is 16.0 Å². The van der Waals surface area contributed by atoms with Crippen molar-refractivity contribution in [2.24, 2.45) is 4.99 Å². The zero-order valence-corrected chi connectivity index (χ0v) is 23.1. The summed E-state index contributed by atoms with van der Waals surface area (Å²) in [4.78, 5) is 33.5. The van der Waals surface area contributed by atoms with Gasteiger partial charge in [-0.05, 0) is 41.5 Å². The Balaban J connectivity index is 0.959. The van der Waals surface area contributed by atoms with Gasteiger partial charge >= 0.3 is 6.09 Å². The minimum absolute atomic E-state index is 0.00624. The van der Waals surface area contributed by atoms with Crippen molar-refractivity contribution in [1.29, 1.82) is 0 Å². The van der Waals surface area contributed by atoms with Gasteiger partial charge in [0.2, 0.25) is 11.9 Å². The first-order chi connectivity index (χ1) is 20.0. The monoisotopic (exact) mass is 560 g/mol. The first kappa shape index (κ1) is 27.1. The van der Waals surface area contributed by atoms with Crippen LogP contribution in [0.5, 0.6) is 0 Å². The molecule has 216 valence electrons. The van der Waals surface area contributed by atoms with Gasteiger partial charge < -0.3 is 35.0 Å². The number of aliphatic hydroxyl groups is 1. The number of fused-ring (bicyclic) bond motifs is 3. The molecule has 3 heterocycles. The van der Waals surface area contributed by atoms with Crippen LogP contribution in [-0.4, -0.2) is 85.2 Å². The van der Waals surface area contributed by atoms with Crippen LogP contribution >= 0.6 is 0 Å². The van der Waals surface area contributed by atoms with Crippen LogP contribution in [0.3, 0.4) is 0 Å². The van der Waals surface area contributed by atoms with Crippen molar-refractivity contribution in [1.82, 2.24) is 25.8 Å². The molecule has 11 heteroatoms. The summed E-state index contributed by atoms with van der Waals surface area (Å²) in [5.41, 5.74) is 5.66. The van der Waals surface area contributed by atoms with E-state index < -0.39 is 6.09 Å². The molecule has 0 spiro atoms. The molecule has 4 aliphatic rings. The Bertz CT molecular complexity index is 1330. The van der Waals surface area contributed by atoms with Crippen molar-refractivity contribution in [3.05, 3.63) is 71.2 Å². The van der Waals surface area contributed by atoms with Crippen LogP contribution in [0.4, 0.5) is 4.79 Å². The van der Waals surface area contributed by atoms with Gasteiger partial charge in [0.05, 0.1) is 31.6 Å². The van der Waals surface area contributed by atoms with E-state index in [0.717, 1.165) is 24.4 Å². The topological polar surface area (TPSA) is 128 Å². The van der Waals surface area contributed by atoms with Crippen LogP contribution in [0.15, 0.2) is 65.0 Å². The zero-order chi connectivity index (χ0) is 28.3. The van der Waals surface area contributed by atoms with E-state index in [4.69, 9.17) is 9.47 Å². The molecule has 6 rings (SSSR count). The van der Waals surface area contributed by atoms with Gasteiger partial charge in [0.25, 0.3) is 0 Å². The Labute approximate surface area is 239 Å². The maximum absolute atomic E-state index is 12.7. The number of amides is 2. The average molecular weight is 561 g/mol. The van der Waals surface area contributed by atoms with Crippen molar-refractivity contribution in [3.63, 3.8) is 0 Å². The van der Waals surface area contributed by atoms with Crippen molar-refractivity contribution in [2.45, 2.75) is 43.9 Å². The largest absolute Gasteiger partial charge is 0.448 e. The molecule has 11 nitrogen and oxygen atoms in total.